The second kappa shape index (κ2) is 5.52. The van der Waals surface area contributed by atoms with Gasteiger partial charge in [0.05, 0.1) is 16.7 Å². The lowest BCUT2D eigenvalue weighted by atomic mass is 9.98. The molecule has 0 aliphatic heterocycles. The van der Waals surface area contributed by atoms with Gasteiger partial charge in [0.1, 0.15) is 5.58 Å². The van der Waals surface area contributed by atoms with Gasteiger partial charge in [-0.3, -0.25) is 0 Å². The zero-order valence-electron chi connectivity index (χ0n) is 12.5. The van der Waals surface area contributed by atoms with E-state index >= 15 is 0 Å². The maximum absolute atomic E-state index is 11.9. The number of hydrogen-bond donors (Lipinski definition) is 0. The minimum Gasteiger partial charge on any atom is -0.422 e. The van der Waals surface area contributed by atoms with Crippen LogP contribution in [0.5, 0.6) is 0 Å². The number of rotatable bonds is 2. The topological polar surface area (TPSA) is 68.9 Å². The molecule has 1 aromatic heterocycles. The van der Waals surface area contributed by atoms with E-state index in [1.807, 2.05) is 12.1 Å². The van der Waals surface area contributed by atoms with Crippen LogP contribution in [0.3, 0.4) is 0 Å². The Morgan fingerprint density at radius 2 is 1.90 bits per heavy atom. The number of oxime groups is 1. The average Bonchev–Trinajstić information content (AvgIpc) is 2.42. The molecule has 2 aromatic rings. The van der Waals surface area contributed by atoms with Crippen LogP contribution in [-0.4, -0.2) is 11.7 Å². The lowest BCUT2D eigenvalue weighted by molar-refractivity contribution is -0.152. The van der Waals surface area contributed by atoms with Gasteiger partial charge in [-0.1, -0.05) is 23.4 Å². The lowest BCUT2D eigenvalue weighted by Crippen LogP contribution is -2.22. The molecular formula is C16H17NO4. The SMILES string of the molecule is CC(=NOC(=O)C(C)(C)C)c1cc2ccccc2oc1=O. The van der Waals surface area contributed by atoms with Crippen molar-refractivity contribution >= 4 is 22.7 Å². The fraction of sp³-hybridized carbons (Fsp3) is 0.312. The van der Waals surface area contributed by atoms with Gasteiger partial charge in [0.15, 0.2) is 0 Å². The molecule has 21 heavy (non-hydrogen) atoms. The maximum Gasteiger partial charge on any atom is 0.345 e. The van der Waals surface area contributed by atoms with Gasteiger partial charge >= 0.3 is 11.6 Å². The molecule has 0 spiro atoms. The smallest absolute Gasteiger partial charge is 0.345 e. The first-order valence-corrected chi connectivity index (χ1v) is 6.58. The summed E-state index contributed by atoms with van der Waals surface area (Å²) in [5.41, 5.74) is -0.0901. The molecule has 0 radical (unpaired) electrons. The first kappa shape index (κ1) is 15.0. The number of para-hydroxylation sites is 1. The van der Waals surface area contributed by atoms with Crippen molar-refractivity contribution in [1.82, 2.24) is 0 Å². The van der Waals surface area contributed by atoms with Gasteiger partial charge in [0.25, 0.3) is 0 Å². The van der Waals surface area contributed by atoms with Crippen LogP contribution >= 0.6 is 0 Å². The molecule has 5 nitrogen and oxygen atoms in total. The van der Waals surface area contributed by atoms with E-state index in [-0.39, 0.29) is 5.56 Å². The largest absolute Gasteiger partial charge is 0.422 e. The molecule has 0 fully saturated rings. The Hall–Kier alpha value is -2.43. The quantitative estimate of drug-likeness (QED) is 0.368. The Morgan fingerprint density at radius 3 is 2.57 bits per heavy atom. The summed E-state index contributed by atoms with van der Waals surface area (Å²) < 4.78 is 5.21. The summed E-state index contributed by atoms with van der Waals surface area (Å²) in [6, 6.07) is 8.85. The summed E-state index contributed by atoms with van der Waals surface area (Å²) in [7, 11) is 0. The number of nitrogens with zero attached hydrogens (tertiary/aromatic N) is 1. The Kier molecular flexibility index (Phi) is 3.93. The minimum absolute atomic E-state index is 0.274. The van der Waals surface area contributed by atoms with Crippen molar-refractivity contribution in [3.63, 3.8) is 0 Å². The third-order valence-electron chi connectivity index (χ3n) is 2.91. The van der Waals surface area contributed by atoms with Crippen molar-refractivity contribution in [2.24, 2.45) is 10.6 Å². The van der Waals surface area contributed by atoms with E-state index in [4.69, 9.17) is 9.25 Å². The molecule has 1 heterocycles. The van der Waals surface area contributed by atoms with Gasteiger partial charge in [0.2, 0.25) is 0 Å². The van der Waals surface area contributed by atoms with Gasteiger partial charge in [-0.05, 0) is 39.8 Å². The molecule has 0 unspecified atom stereocenters. The van der Waals surface area contributed by atoms with Crippen LogP contribution in [0.25, 0.3) is 11.0 Å². The number of hydrogen-bond acceptors (Lipinski definition) is 5. The monoisotopic (exact) mass is 287 g/mol. The molecule has 110 valence electrons. The van der Waals surface area contributed by atoms with E-state index < -0.39 is 17.0 Å². The van der Waals surface area contributed by atoms with Crippen LogP contribution in [0.15, 0.2) is 44.7 Å². The first-order chi connectivity index (χ1) is 9.79. The van der Waals surface area contributed by atoms with Gasteiger partial charge in [0, 0.05) is 5.39 Å². The second-order valence-corrected chi connectivity index (χ2v) is 5.79. The van der Waals surface area contributed by atoms with E-state index in [0.717, 1.165) is 5.39 Å². The van der Waals surface area contributed by atoms with Gasteiger partial charge in [-0.25, -0.2) is 9.59 Å². The predicted octanol–water partition coefficient (Wildman–Crippen LogP) is 3.11. The number of carbonyl (C=O) groups is 1. The zero-order valence-corrected chi connectivity index (χ0v) is 12.5. The normalized spacial score (nSPS) is 12.5. The number of benzene rings is 1. The Morgan fingerprint density at radius 1 is 1.24 bits per heavy atom. The zero-order chi connectivity index (χ0) is 15.6. The third kappa shape index (κ3) is 3.37. The van der Waals surface area contributed by atoms with E-state index in [9.17, 15) is 9.59 Å². The molecule has 0 amide bonds. The highest BCUT2D eigenvalue weighted by atomic mass is 16.7. The minimum atomic E-state index is -0.655. The average molecular weight is 287 g/mol. The summed E-state index contributed by atoms with van der Waals surface area (Å²) in [6.07, 6.45) is 0. The summed E-state index contributed by atoms with van der Waals surface area (Å²) in [4.78, 5) is 28.5. The van der Waals surface area contributed by atoms with Crippen LogP contribution in [0, 0.1) is 5.41 Å². The van der Waals surface area contributed by atoms with Crippen molar-refractivity contribution in [2.45, 2.75) is 27.7 Å². The van der Waals surface area contributed by atoms with Crippen LogP contribution in [-0.2, 0) is 9.63 Å². The van der Waals surface area contributed by atoms with Crippen molar-refractivity contribution in [3.05, 3.63) is 46.3 Å². The molecule has 1 aromatic carbocycles. The Balaban J connectivity index is 2.35. The highest BCUT2D eigenvalue weighted by molar-refractivity contribution is 6.00. The Labute approximate surface area is 122 Å². The molecule has 0 atom stereocenters. The van der Waals surface area contributed by atoms with Crippen molar-refractivity contribution in [1.29, 1.82) is 0 Å². The molecule has 0 bridgehead atoms. The molecule has 0 saturated heterocycles. The standard InChI is InChI=1S/C16H17NO4/c1-10(17-21-15(19)16(2,3)4)12-9-11-7-5-6-8-13(11)20-14(12)18/h5-9H,1-4H3. The Bertz CT molecular complexity index is 766. The van der Waals surface area contributed by atoms with Gasteiger partial charge in [-0.2, -0.15) is 0 Å². The molecule has 0 saturated carbocycles. The van der Waals surface area contributed by atoms with Crippen LogP contribution < -0.4 is 5.63 Å². The fourth-order valence-electron chi connectivity index (χ4n) is 1.61. The second-order valence-electron chi connectivity index (χ2n) is 5.79. The van der Waals surface area contributed by atoms with Crippen LogP contribution in [0.1, 0.15) is 33.3 Å². The first-order valence-electron chi connectivity index (χ1n) is 6.58. The third-order valence-corrected chi connectivity index (χ3v) is 2.91. The van der Waals surface area contributed by atoms with Crippen molar-refractivity contribution < 1.29 is 14.0 Å². The molecule has 2 rings (SSSR count). The van der Waals surface area contributed by atoms with E-state index in [0.29, 0.717) is 11.3 Å². The lowest BCUT2D eigenvalue weighted by Gasteiger charge is -2.13. The number of fused-ring (bicyclic) bond motifs is 1. The highest BCUT2D eigenvalue weighted by Gasteiger charge is 2.23. The predicted molar refractivity (Wildman–Crippen MR) is 80.2 cm³/mol. The summed E-state index contributed by atoms with van der Waals surface area (Å²) in [6.45, 7) is 6.77. The molecule has 5 heteroatoms. The van der Waals surface area contributed by atoms with E-state index in [1.165, 1.54) is 0 Å². The van der Waals surface area contributed by atoms with E-state index in [2.05, 4.69) is 5.16 Å². The van der Waals surface area contributed by atoms with E-state index in [1.54, 1.807) is 45.9 Å². The molecule has 0 aliphatic rings. The highest BCUT2D eigenvalue weighted by Crippen LogP contribution is 2.16. The van der Waals surface area contributed by atoms with Crippen molar-refractivity contribution in [3.8, 4) is 0 Å². The van der Waals surface area contributed by atoms with Crippen LogP contribution in [0.4, 0.5) is 0 Å². The molecule has 0 N–H and O–H groups in total. The maximum atomic E-state index is 11.9. The van der Waals surface area contributed by atoms with Crippen LogP contribution in [0.2, 0.25) is 0 Å². The summed E-state index contributed by atoms with van der Waals surface area (Å²) in [5.74, 6) is -0.466. The summed E-state index contributed by atoms with van der Waals surface area (Å²) in [5, 5.41) is 4.52. The fourth-order valence-corrected chi connectivity index (χ4v) is 1.61. The molecular weight excluding hydrogens is 270 g/mol. The van der Waals surface area contributed by atoms with Gasteiger partial charge < -0.3 is 9.25 Å². The number of carbonyl (C=O) groups excluding carboxylic acids is 1. The summed E-state index contributed by atoms with van der Waals surface area (Å²) >= 11 is 0. The van der Waals surface area contributed by atoms with Crippen molar-refractivity contribution in [2.75, 3.05) is 0 Å². The molecule has 0 aliphatic carbocycles. The van der Waals surface area contributed by atoms with Gasteiger partial charge in [-0.15, -0.1) is 0 Å².